The summed E-state index contributed by atoms with van der Waals surface area (Å²) in [7, 11) is 1.33. The van der Waals surface area contributed by atoms with Gasteiger partial charge >= 0.3 is 19.8 Å². The maximum absolute atomic E-state index is 12.7. The van der Waals surface area contributed by atoms with Crippen LogP contribution in [0.25, 0.3) is 0 Å². The van der Waals surface area contributed by atoms with Crippen molar-refractivity contribution in [3.63, 3.8) is 0 Å². The van der Waals surface area contributed by atoms with E-state index in [4.69, 9.17) is 18.5 Å². The molecule has 0 aliphatic rings. The van der Waals surface area contributed by atoms with E-state index >= 15 is 0 Å². The normalized spacial score (nSPS) is 14.9. The molecule has 0 aromatic carbocycles. The van der Waals surface area contributed by atoms with Crippen LogP contribution >= 0.6 is 7.82 Å². The van der Waals surface area contributed by atoms with Crippen molar-refractivity contribution in [1.29, 1.82) is 0 Å². The van der Waals surface area contributed by atoms with Crippen LogP contribution in [0.1, 0.15) is 194 Å². The first-order valence-corrected chi connectivity index (χ1v) is 25.4. The number of rotatable bonds is 43. The fourth-order valence-electron chi connectivity index (χ4n) is 6.47. The van der Waals surface area contributed by atoms with Gasteiger partial charge in [-0.2, -0.15) is 0 Å². The van der Waals surface area contributed by atoms with E-state index in [1.54, 1.807) is 0 Å². The molecule has 0 saturated heterocycles. The summed E-state index contributed by atoms with van der Waals surface area (Å²) >= 11 is 0. The van der Waals surface area contributed by atoms with E-state index in [0.29, 0.717) is 23.9 Å². The second-order valence-corrected chi connectivity index (χ2v) is 18.9. The number of ether oxygens (including phenoxy) is 2. The van der Waals surface area contributed by atoms with E-state index in [0.717, 1.165) is 38.5 Å². The monoisotopic (exact) mass is 873 g/mol. The second-order valence-electron chi connectivity index (χ2n) is 17.5. The van der Waals surface area contributed by atoms with Crippen LogP contribution < -0.4 is 0 Å². The van der Waals surface area contributed by atoms with Gasteiger partial charge in [0.25, 0.3) is 0 Å². The van der Waals surface area contributed by atoms with Gasteiger partial charge in [0.15, 0.2) is 6.10 Å². The number of nitrogens with zero attached hydrogens (tertiary/aromatic N) is 1. The maximum Gasteiger partial charge on any atom is 0.472 e. The van der Waals surface area contributed by atoms with Gasteiger partial charge in [0.1, 0.15) is 19.8 Å². The summed E-state index contributed by atoms with van der Waals surface area (Å²) in [6, 6.07) is 0. The average Bonchev–Trinajstić information content (AvgIpc) is 3.19. The van der Waals surface area contributed by atoms with Crippen LogP contribution in [-0.2, 0) is 32.7 Å². The molecule has 0 spiro atoms. The first-order chi connectivity index (χ1) is 28.8. The number of hydrogen-bond donors (Lipinski definition) is 3. The number of phosphoric acid groups is 1. The van der Waals surface area contributed by atoms with Crippen molar-refractivity contribution in [2.24, 2.45) is 0 Å². The lowest BCUT2D eigenvalue weighted by Crippen LogP contribution is -2.37. The molecule has 0 aliphatic carbocycles. The lowest BCUT2D eigenvalue weighted by atomic mass is 10.0. The predicted octanol–water partition coefficient (Wildman–Crippen LogP) is 11.6. The van der Waals surface area contributed by atoms with Crippen LogP contribution in [-0.4, -0.2) is 97.3 Å². The summed E-state index contributed by atoms with van der Waals surface area (Å²) in [5, 5.41) is 20.8. The minimum atomic E-state index is -4.44. The number of esters is 2. The number of aliphatic hydroxyl groups is 2. The van der Waals surface area contributed by atoms with Gasteiger partial charge < -0.3 is 29.1 Å². The minimum Gasteiger partial charge on any atom is -0.462 e. The Balaban J connectivity index is 4.52. The Bertz CT molecular complexity index is 1150. The van der Waals surface area contributed by atoms with Crippen molar-refractivity contribution < 1.29 is 52.3 Å². The fraction of sp³-hybridized carbons (Fsp3) is 0.833. The first-order valence-electron chi connectivity index (χ1n) is 23.9. The Morgan fingerprint density at radius 1 is 0.583 bits per heavy atom. The molecule has 0 heterocycles. The number of quaternary nitrogens is 1. The average molecular weight is 873 g/mol. The van der Waals surface area contributed by atoms with Crippen molar-refractivity contribution in [3.8, 4) is 0 Å². The summed E-state index contributed by atoms with van der Waals surface area (Å²) < 4.78 is 34.2. The van der Waals surface area contributed by atoms with Crippen LogP contribution in [0.2, 0.25) is 0 Å². The van der Waals surface area contributed by atoms with Crippen LogP contribution in [0.15, 0.2) is 36.5 Å². The number of unbranched alkanes of at least 4 members (excludes halogenated alkanes) is 19. The van der Waals surface area contributed by atoms with Gasteiger partial charge in [-0.1, -0.05) is 166 Å². The first kappa shape index (κ1) is 58.1. The molecule has 352 valence electrons. The molecule has 0 aromatic rings. The highest BCUT2D eigenvalue weighted by Crippen LogP contribution is 2.43. The van der Waals surface area contributed by atoms with Crippen LogP contribution in [0.4, 0.5) is 0 Å². The highest BCUT2D eigenvalue weighted by Gasteiger charge is 2.27. The molecule has 3 N–H and O–H groups in total. The van der Waals surface area contributed by atoms with E-state index < -0.39 is 44.7 Å². The molecule has 0 bridgehead atoms. The molecule has 0 fully saturated rings. The number of phosphoric ester groups is 1. The van der Waals surface area contributed by atoms with E-state index in [2.05, 4.69) is 38.2 Å². The molecule has 0 amide bonds. The third-order valence-corrected chi connectivity index (χ3v) is 11.4. The topological polar surface area (TPSA) is 149 Å². The molecule has 4 atom stereocenters. The van der Waals surface area contributed by atoms with E-state index in [1.165, 1.54) is 103 Å². The van der Waals surface area contributed by atoms with E-state index in [9.17, 15) is 29.3 Å². The molecule has 3 unspecified atom stereocenters. The van der Waals surface area contributed by atoms with Crippen LogP contribution in [0, 0.1) is 0 Å². The molecule has 0 saturated carbocycles. The zero-order chi connectivity index (χ0) is 44.6. The Morgan fingerprint density at radius 2 is 1.07 bits per heavy atom. The van der Waals surface area contributed by atoms with E-state index in [1.807, 2.05) is 33.3 Å². The Labute approximate surface area is 367 Å². The summed E-state index contributed by atoms with van der Waals surface area (Å²) in [4.78, 5) is 35.5. The number of likely N-dealkylation sites (N-methyl/N-ethyl adjacent to an activating group) is 1. The van der Waals surface area contributed by atoms with Crippen molar-refractivity contribution in [2.75, 3.05) is 47.5 Å². The standard InChI is InChI=1S/C48H90NO10P/c1-6-8-10-12-14-16-18-20-21-22-23-24-26-28-30-32-34-38-48(53)59-44(43-58-60(54,55)57-41-40-49(3,4)5)42-56-47(52)39-35-37-46(51)45(50)36-33-31-29-27-25-19-17-15-13-11-9-7-2/h15,17,25,27,31,33,44-46,50-51H,6-14,16,18-24,26,28-30,32,34-43H2,1-5H3/p+1/b17-15-,27-25-,33-31-/t44-,45?,46?/m1/s1. The molecule has 11 nitrogen and oxygen atoms in total. The molecular weight excluding hydrogens is 781 g/mol. The maximum atomic E-state index is 12.7. The molecule has 0 radical (unpaired) electrons. The third kappa shape index (κ3) is 41.5. The predicted molar refractivity (Wildman–Crippen MR) is 246 cm³/mol. The van der Waals surface area contributed by atoms with Crippen molar-refractivity contribution in [3.05, 3.63) is 36.5 Å². The highest BCUT2D eigenvalue weighted by molar-refractivity contribution is 7.47. The van der Waals surface area contributed by atoms with Crippen molar-refractivity contribution in [2.45, 2.75) is 212 Å². The number of aliphatic hydroxyl groups excluding tert-OH is 2. The highest BCUT2D eigenvalue weighted by atomic mass is 31.2. The molecule has 12 heteroatoms. The molecular formula is C48H91NO10P+. The van der Waals surface area contributed by atoms with Crippen LogP contribution in [0.3, 0.4) is 0 Å². The third-order valence-electron chi connectivity index (χ3n) is 10.4. The summed E-state index contributed by atoms with van der Waals surface area (Å²) in [6.07, 6.45) is 37.9. The lowest BCUT2D eigenvalue weighted by molar-refractivity contribution is -0.870. The molecule has 0 aromatic heterocycles. The molecule has 0 aliphatic heterocycles. The van der Waals surface area contributed by atoms with E-state index in [-0.39, 0.29) is 38.9 Å². The zero-order valence-corrected chi connectivity index (χ0v) is 39.8. The van der Waals surface area contributed by atoms with Gasteiger partial charge in [0, 0.05) is 12.8 Å². The van der Waals surface area contributed by atoms with Crippen molar-refractivity contribution >= 4 is 19.8 Å². The van der Waals surface area contributed by atoms with Crippen LogP contribution in [0.5, 0.6) is 0 Å². The number of carbonyl (C=O) groups is 2. The second kappa shape index (κ2) is 40.0. The van der Waals surface area contributed by atoms with Gasteiger partial charge in [0.2, 0.25) is 0 Å². The Kier molecular flexibility index (Phi) is 38.7. The van der Waals surface area contributed by atoms with Gasteiger partial charge in [-0.25, -0.2) is 4.57 Å². The fourth-order valence-corrected chi connectivity index (χ4v) is 7.21. The summed E-state index contributed by atoms with van der Waals surface area (Å²) in [5.41, 5.74) is 0. The summed E-state index contributed by atoms with van der Waals surface area (Å²) in [5.74, 6) is -1.08. The van der Waals surface area contributed by atoms with Gasteiger partial charge in [-0.15, -0.1) is 0 Å². The molecule has 0 rings (SSSR count). The number of carbonyl (C=O) groups excluding carboxylic acids is 2. The SMILES string of the molecule is CCCCC/C=C\C/C=C\C/C=C\CC(O)C(O)CCCC(=O)OC[C@H](COP(=O)(O)OCC[N+](C)(C)C)OC(=O)CCCCCCCCCCCCCCCCCCC. The van der Waals surface area contributed by atoms with Crippen molar-refractivity contribution in [1.82, 2.24) is 0 Å². The number of allylic oxidation sites excluding steroid dienone is 5. The van der Waals surface area contributed by atoms with Gasteiger partial charge in [0.05, 0.1) is 40.0 Å². The number of hydrogen-bond acceptors (Lipinski definition) is 9. The lowest BCUT2D eigenvalue weighted by Gasteiger charge is -2.24. The Hall–Kier alpha value is -1.85. The Morgan fingerprint density at radius 3 is 1.62 bits per heavy atom. The van der Waals surface area contributed by atoms with Gasteiger partial charge in [-0.3, -0.25) is 18.6 Å². The summed E-state index contributed by atoms with van der Waals surface area (Å²) in [6.45, 7) is 4.08. The minimum absolute atomic E-state index is 0.0123. The smallest absolute Gasteiger partial charge is 0.462 e. The zero-order valence-electron chi connectivity index (χ0n) is 38.9. The molecule has 60 heavy (non-hydrogen) atoms. The quantitative estimate of drug-likeness (QED) is 0.0178. The van der Waals surface area contributed by atoms with Gasteiger partial charge in [-0.05, 0) is 51.4 Å². The largest absolute Gasteiger partial charge is 0.472 e.